The Balaban J connectivity index is 4.13. The van der Waals surface area contributed by atoms with E-state index in [1.165, 1.54) is 6.92 Å². The van der Waals surface area contributed by atoms with Crippen molar-refractivity contribution in [1.82, 2.24) is 4.72 Å². The smallest absolute Gasteiger partial charge is 0.328 e. The third-order valence-electron chi connectivity index (χ3n) is 1.33. The zero-order valence-corrected chi connectivity index (χ0v) is 8.31. The van der Waals surface area contributed by atoms with E-state index in [1.54, 1.807) is 6.92 Å². The second kappa shape index (κ2) is 4.83. The maximum Gasteiger partial charge on any atom is 0.350 e. The quantitative estimate of drug-likeness (QED) is 0.692. The van der Waals surface area contributed by atoms with Crippen LogP contribution in [0.25, 0.3) is 0 Å². The summed E-state index contributed by atoms with van der Waals surface area (Å²) in [6.45, 7) is 3.16. The van der Waals surface area contributed by atoms with E-state index in [1.807, 2.05) is 4.72 Å². The molecule has 0 saturated heterocycles. The summed E-state index contributed by atoms with van der Waals surface area (Å²) in [6, 6.07) is -0.797. The minimum absolute atomic E-state index is 0.227. The van der Waals surface area contributed by atoms with Crippen molar-refractivity contribution in [3.8, 4) is 0 Å². The number of alkyl halides is 2. The number of nitrogens with two attached hydrogens (primary N) is 1. The fourth-order valence-corrected chi connectivity index (χ4v) is 1.70. The van der Waals surface area contributed by atoms with E-state index in [2.05, 4.69) is 0 Å². The van der Waals surface area contributed by atoms with Crippen LogP contribution in [0.3, 0.4) is 0 Å². The zero-order valence-electron chi connectivity index (χ0n) is 7.50. The fourth-order valence-electron chi connectivity index (χ4n) is 0.938. The third kappa shape index (κ3) is 5.12. The molecule has 3 N–H and O–H groups in total. The molecule has 13 heavy (non-hydrogen) atoms. The minimum Gasteiger partial charge on any atom is -0.328 e. The van der Waals surface area contributed by atoms with Gasteiger partial charge in [0.05, 0.1) is 0 Å². The predicted molar refractivity (Wildman–Crippen MR) is 45.8 cm³/mol. The number of halogens is 2. The normalized spacial score (nSPS) is 17.4. The van der Waals surface area contributed by atoms with Crippen LogP contribution in [0.5, 0.6) is 0 Å². The summed E-state index contributed by atoms with van der Waals surface area (Å²) in [4.78, 5) is 0. The monoisotopic (exact) mass is 216 g/mol. The van der Waals surface area contributed by atoms with E-state index in [0.29, 0.717) is 6.42 Å². The Labute approximate surface area is 76.5 Å². The summed E-state index contributed by atoms with van der Waals surface area (Å²) in [5.41, 5.74) is 5.37. The lowest BCUT2D eigenvalue weighted by Crippen LogP contribution is -2.39. The fraction of sp³-hybridized carbons (Fsp3) is 1.00. The number of hydrogen-bond donors (Lipinski definition) is 2. The largest absolute Gasteiger partial charge is 0.350 e. The number of nitrogens with one attached hydrogen (secondary N) is 1. The van der Waals surface area contributed by atoms with Crippen molar-refractivity contribution in [3.05, 3.63) is 0 Å². The Morgan fingerprint density at radius 3 is 2.15 bits per heavy atom. The molecule has 0 aromatic carbocycles. The summed E-state index contributed by atoms with van der Waals surface area (Å²) in [6.07, 6.45) is 0.325. The highest BCUT2D eigenvalue weighted by Gasteiger charge is 2.25. The van der Waals surface area contributed by atoms with E-state index < -0.39 is 21.8 Å². The van der Waals surface area contributed by atoms with Crippen LogP contribution >= 0.6 is 0 Å². The van der Waals surface area contributed by atoms with E-state index in [0.717, 1.165) is 0 Å². The highest BCUT2D eigenvalue weighted by atomic mass is 32.2. The average Bonchev–Trinajstić information content (AvgIpc) is 1.82. The summed E-state index contributed by atoms with van der Waals surface area (Å²) in [5.74, 6) is -3.39. The van der Waals surface area contributed by atoms with E-state index in [9.17, 15) is 17.2 Å². The van der Waals surface area contributed by atoms with Gasteiger partial charge < -0.3 is 5.73 Å². The summed E-state index contributed by atoms with van der Waals surface area (Å²) >= 11 is 0. The predicted octanol–water partition coefficient (Wildman–Crippen LogP) is 0.254. The highest BCUT2D eigenvalue weighted by Crippen LogP contribution is 2.05. The van der Waals surface area contributed by atoms with Crippen molar-refractivity contribution in [1.29, 1.82) is 0 Å². The molecule has 0 aliphatic rings. The lowest BCUT2D eigenvalue weighted by Gasteiger charge is -2.15. The molecule has 0 aliphatic carbocycles. The van der Waals surface area contributed by atoms with Crippen LogP contribution in [-0.4, -0.2) is 26.3 Å². The van der Waals surface area contributed by atoms with Crippen molar-refractivity contribution in [2.24, 2.45) is 5.73 Å². The molecule has 4 nitrogen and oxygen atoms in total. The van der Waals surface area contributed by atoms with Crippen molar-refractivity contribution >= 4 is 10.0 Å². The van der Waals surface area contributed by atoms with Crippen molar-refractivity contribution in [2.45, 2.75) is 38.1 Å². The molecular weight excluding hydrogens is 202 g/mol. The molecule has 0 amide bonds. The van der Waals surface area contributed by atoms with Crippen molar-refractivity contribution in [3.63, 3.8) is 0 Å². The SMILES string of the molecule is CC(N)CC(C)NS(=O)(=O)C(F)F. The first-order valence-corrected chi connectivity index (χ1v) is 5.35. The molecule has 0 aromatic heterocycles. The maximum absolute atomic E-state index is 11.8. The molecular formula is C6H14F2N2O2S. The van der Waals surface area contributed by atoms with Gasteiger partial charge in [-0.25, -0.2) is 13.1 Å². The Morgan fingerprint density at radius 1 is 1.38 bits per heavy atom. The number of rotatable bonds is 5. The molecule has 0 radical (unpaired) electrons. The second-order valence-corrected chi connectivity index (χ2v) is 4.72. The molecule has 0 aromatic rings. The van der Waals surface area contributed by atoms with Crippen molar-refractivity contribution in [2.75, 3.05) is 0 Å². The van der Waals surface area contributed by atoms with Gasteiger partial charge in [0, 0.05) is 12.1 Å². The van der Waals surface area contributed by atoms with E-state index >= 15 is 0 Å². The van der Waals surface area contributed by atoms with Crippen LogP contribution in [0.1, 0.15) is 20.3 Å². The average molecular weight is 216 g/mol. The molecule has 0 bridgehead atoms. The first-order chi connectivity index (χ1) is 5.75. The van der Waals surface area contributed by atoms with Crippen LogP contribution in [0.4, 0.5) is 8.78 Å². The van der Waals surface area contributed by atoms with Gasteiger partial charge in [0.15, 0.2) is 0 Å². The first-order valence-electron chi connectivity index (χ1n) is 3.80. The number of sulfonamides is 1. The Bertz CT molecular complexity index is 241. The molecule has 0 spiro atoms. The highest BCUT2D eigenvalue weighted by molar-refractivity contribution is 7.89. The Morgan fingerprint density at radius 2 is 1.85 bits per heavy atom. The molecule has 2 unspecified atom stereocenters. The summed E-state index contributed by atoms with van der Waals surface area (Å²) in [7, 11) is -4.48. The molecule has 80 valence electrons. The van der Waals surface area contributed by atoms with Crippen LogP contribution in [0, 0.1) is 0 Å². The van der Waals surface area contributed by atoms with Gasteiger partial charge in [0.1, 0.15) is 0 Å². The van der Waals surface area contributed by atoms with Gasteiger partial charge in [-0.3, -0.25) is 0 Å². The molecule has 2 atom stereocenters. The molecule has 0 fully saturated rings. The third-order valence-corrected chi connectivity index (χ3v) is 2.53. The molecule has 7 heteroatoms. The zero-order chi connectivity index (χ0) is 10.6. The van der Waals surface area contributed by atoms with Crippen LogP contribution in [0.15, 0.2) is 0 Å². The Hall–Kier alpha value is -0.270. The Kier molecular flexibility index (Phi) is 4.72. The van der Waals surface area contributed by atoms with Gasteiger partial charge in [-0.2, -0.15) is 8.78 Å². The minimum atomic E-state index is -4.48. The molecule has 0 rings (SSSR count). The molecule has 0 heterocycles. The van der Waals surface area contributed by atoms with Crippen LogP contribution < -0.4 is 10.5 Å². The van der Waals surface area contributed by atoms with Gasteiger partial charge in [0.25, 0.3) is 10.0 Å². The maximum atomic E-state index is 11.8. The molecule has 0 saturated carbocycles. The van der Waals surface area contributed by atoms with Gasteiger partial charge in [0.2, 0.25) is 0 Å². The van der Waals surface area contributed by atoms with E-state index in [4.69, 9.17) is 5.73 Å². The molecule has 0 aliphatic heterocycles. The van der Waals surface area contributed by atoms with Gasteiger partial charge in [-0.15, -0.1) is 0 Å². The topological polar surface area (TPSA) is 72.2 Å². The van der Waals surface area contributed by atoms with Crippen LogP contribution in [-0.2, 0) is 10.0 Å². The van der Waals surface area contributed by atoms with E-state index in [-0.39, 0.29) is 6.04 Å². The lowest BCUT2D eigenvalue weighted by molar-refractivity contribution is 0.231. The van der Waals surface area contributed by atoms with Gasteiger partial charge in [-0.05, 0) is 20.3 Å². The number of hydrogen-bond acceptors (Lipinski definition) is 3. The van der Waals surface area contributed by atoms with Gasteiger partial charge >= 0.3 is 5.76 Å². The standard InChI is InChI=1S/C6H14F2N2O2S/c1-4(9)3-5(2)10-13(11,12)6(7)8/h4-6,10H,3,9H2,1-2H3. The van der Waals surface area contributed by atoms with Gasteiger partial charge in [-0.1, -0.05) is 0 Å². The van der Waals surface area contributed by atoms with Crippen LogP contribution in [0.2, 0.25) is 0 Å². The van der Waals surface area contributed by atoms with Crippen molar-refractivity contribution < 1.29 is 17.2 Å². The lowest BCUT2D eigenvalue weighted by atomic mass is 10.1. The second-order valence-electron chi connectivity index (χ2n) is 3.04. The summed E-state index contributed by atoms with van der Waals surface area (Å²) < 4.78 is 46.7. The summed E-state index contributed by atoms with van der Waals surface area (Å²) in [5, 5.41) is 0. The first kappa shape index (κ1) is 12.7.